The Bertz CT molecular complexity index is 507. The van der Waals surface area contributed by atoms with Gasteiger partial charge in [-0.1, -0.05) is 0 Å². The molecule has 2 heterocycles. The number of hydrogen-bond acceptors (Lipinski definition) is 2. The Hall–Kier alpha value is -1.89. The first-order valence-electron chi connectivity index (χ1n) is 3.76. The van der Waals surface area contributed by atoms with Crippen LogP contribution < -0.4 is 0 Å². The summed E-state index contributed by atoms with van der Waals surface area (Å²) in [6.07, 6.45) is 3.10. The van der Waals surface area contributed by atoms with Gasteiger partial charge in [0.25, 0.3) is 0 Å². The average Bonchev–Trinajstić information content (AvgIpc) is 2.54. The number of fused-ring (bicyclic) bond motifs is 1. The van der Waals surface area contributed by atoms with Crippen LogP contribution >= 0.6 is 0 Å². The number of aromatic nitrogens is 2. The lowest BCUT2D eigenvalue weighted by molar-refractivity contribution is 0.604. The zero-order chi connectivity index (χ0) is 9.42. The topological polar surface area (TPSA) is 41.1 Å². The van der Waals surface area contributed by atoms with E-state index in [-0.39, 0.29) is 5.69 Å². The predicted octanol–water partition coefficient (Wildman–Crippen LogP) is 1.65. The van der Waals surface area contributed by atoms with Crippen molar-refractivity contribution in [2.75, 3.05) is 0 Å². The van der Waals surface area contributed by atoms with Gasteiger partial charge in [0.05, 0.1) is 0 Å². The van der Waals surface area contributed by atoms with Crippen molar-refractivity contribution < 1.29 is 4.39 Å². The molecule has 0 unspecified atom stereocenters. The minimum absolute atomic E-state index is 0.00694. The Morgan fingerprint density at radius 3 is 3.08 bits per heavy atom. The first-order valence-corrected chi connectivity index (χ1v) is 3.76. The minimum Gasteiger partial charge on any atom is -0.289 e. The van der Waals surface area contributed by atoms with E-state index in [9.17, 15) is 4.39 Å². The van der Waals surface area contributed by atoms with Crippen LogP contribution in [-0.4, -0.2) is 9.38 Å². The number of aryl methyl sites for hydroxylation is 1. The minimum atomic E-state index is -0.479. The Morgan fingerprint density at radius 1 is 1.62 bits per heavy atom. The molecule has 0 atom stereocenters. The fraction of sp³-hybridized carbons (Fsp3) is 0.111. The maximum atomic E-state index is 13.3. The Balaban J connectivity index is 2.98. The Labute approximate surface area is 74.1 Å². The third-order valence-corrected chi connectivity index (χ3v) is 1.92. The summed E-state index contributed by atoms with van der Waals surface area (Å²) in [7, 11) is 0. The molecule has 3 nitrogen and oxygen atoms in total. The average molecular weight is 175 g/mol. The molecule has 64 valence electrons. The number of nitrogens with zero attached hydrogens (tertiary/aromatic N) is 3. The van der Waals surface area contributed by atoms with Crippen LogP contribution in [0.15, 0.2) is 18.5 Å². The number of imidazole rings is 1. The van der Waals surface area contributed by atoms with Crippen molar-refractivity contribution in [3.05, 3.63) is 35.5 Å². The molecule has 0 aliphatic heterocycles. The predicted molar refractivity (Wildman–Crippen MR) is 44.6 cm³/mol. The molecule has 0 N–H and O–H groups in total. The van der Waals surface area contributed by atoms with Crippen molar-refractivity contribution in [3.8, 4) is 6.07 Å². The zero-order valence-corrected chi connectivity index (χ0v) is 6.95. The lowest BCUT2D eigenvalue weighted by Gasteiger charge is -2.01. The van der Waals surface area contributed by atoms with Gasteiger partial charge in [0, 0.05) is 12.4 Å². The number of rotatable bonds is 0. The van der Waals surface area contributed by atoms with Crippen LogP contribution in [0.4, 0.5) is 4.39 Å². The molecular weight excluding hydrogens is 169 g/mol. The van der Waals surface area contributed by atoms with Crippen LogP contribution in [0, 0.1) is 24.1 Å². The molecule has 0 bridgehead atoms. The van der Waals surface area contributed by atoms with Crippen molar-refractivity contribution in [1.29, 1.82) is 5.26 Å². The van der Waals surface area contributed by atoms with Crippen LogP contribution in [-0.2, 0) is 0 Å². The number of halogens is 1. The lowest BCUT2D eigenvalue weighted by Crippen LogP contribution is -1.98. The van der Waals surface area contributed by atoms with Gasteiger partial charge in [-0.15, -0.1) is 0 Å². The van der Waals surface area contributed by atoms with Crippen molar-refractivity contribution >= 4 is 5.65 Å². The van der Waals surface area contributed by atoms with Gasteiger partial charge in [-0.05, 0) is 18.6 Å². The molecule has 0 radical (unpaired) electrons. The SMILES string of the molecule is Cc1cc2nccn2c(C#N)c1F. The quantitative estimate of drug-likeness (QED) is 0.610. The van der Waals surface area contributed by atoms with Crippen LogP contribution in [0.2, 0.25) is 0 Å². The highest BCUT2D eigenvalue weighted by Crippen LogP contribution is 2.14. The first-order chi connectivity index (χ1) is 6.24. The van der Waals surface area contributed by atoms with E-state index in [4.69, 9.17) is 5.26 Å². The molecule has 4 heteroatoms. The third-order valence-electron chi connectivity index (χ3n) is 1.92. The van der Waals surface area contributed by atoms with Gasteiger partial charge in [-0.2, -0.15) is 5.26 Å². The molecule has 0 amide bonds. The second-order valence-corrected chi connectivity index (χ2v) is 2.76. The second-order valence-electron chi connectivity index (χ2n) is 2.76. The van der Waals surface area contributed by atoms with Gasteiger partial charge in [0.2, 0.25) is 0 Å². The van der Waals surface area contributed by atoms with E-state index in [1.54, 1.807) is 19.2 Å². The molecule has 0 aromatic carbocycles. The normalized spacial score (nSPS) is 10.2. The fourth-order valence-electron chi connectivity index (χ4n) is 1.26. The summed E-state index contributed by atoms with van der Waals surface area (Å²) in [4.78, 5) is 3.97. The number of pyridine rings is 1. The summed E-state index contributed by atoms with van der Waals surface area (Å²) < 4.78 is 14.8. The van der Waals surface area contributed by atoms with E-state index >= 15 is 0 Å². The monoisotopic (exact) mass is 175 g/mol. The maximum Gasteiger partial charge on any atom is 0.162 e. The van der Waals surface area contributed by atoms with Gasteiger partial charge < -0.3 is 0 Å². The largest absolute Gasteiger partial charge is 0.289 e. The lowest BCUT2D eigenvalue weighted by atomic mass is 10.2. The standard InChI is InChI=1S/C9H6FN3/c1-6-4-8-12-2-3-13(8)7(5-11)9(6)10/h2-4H,1H3. The number of hydrogen-bond donors (Lipinski definition) is 0. The molecular formula is C9H6FN3. The molecule has 13 heavy (non-hydrogen) atoms. The molecule has 0 fully saturated rings. The van der Waals surface area contributed by atoms with E-state index in [1.807, 2.05) is 6.07 Å². The Morgan fingerprint density at radius 2 is 2.38 bits per heavy atom. The van der Waals surface area contributed by atoms with Gasteiger partial charge in [-0.25, -0.2) is 9.37 Å². The summed E-state index contributed by atoms with van der Waals surface area (Å²) in [6.45, 7) is 1.62. The van der Waals surface area contributed by atoms with Gasteiger partial charge in [-0.3, -0.25) is 4.40 Å². The van der Waals surface area contributed by atoms with Crippen LogP contribution in [0.25, 0.3) is 5.65 Å². The van der Waals surface area contributed by atoms with E-state index in [1.165, 1.54) is 10.6 Å². The molecule has 0 saturated heterocycles. The third kappa shape index (κ3) is 0.975. The highest BCUT2D eigenvalue weighted by molar-refractivity contribution is 5.47. The van der Waals surface area contributed by atoms with Crippen molar-refractivity contribution in [3.63, 3.8) is 0 Å². The van der Waals surface area contributed by atoms with Gasteiger partial charge in [0.1, 0.15) is 11.7 Å². The number of nitriles is 1. The highest BCUT2D eigenvalue weighted by Gasteiger charge is 2.09. The fourth-order valence-corrected chi connectivity index (χ4v) is 1.26. The summed E-state index contributed by atoms with van der Waals surface area (Å²) in [5, 5.41) is 8.72. The molecule has 0 spiro atoms. The van der Waals surface area contributed by atoms with Crippen molar-refractivity contribution in [2.45, 2.75) is 6.92 Å². The van der Waals surface area contributed by atoms with Crippen LogP contribution in [0.3, 0.4) is 0 Å². The molecule has 2 rings (SSSR count). The van der Waals surface area contributed by atoms with E-state index < -0.39 is 5.82 Å². The summed E-state index contributed by atoms with van der Waals surface area (Å²) in [6, 6.07) is 3.42. The van der Waals surface area contributed by atoms with Crippen molar-refractivity contribution in [2.24, 2.45) is 0 Å². The maximum absolute atomic E-state index is 13.3. The molecule has 2 aromatic heterocycles. The summed E-state index contributed by atoms with van der Waals surface area (Å²) in [5.74, 6) is -0.479. The molecule has 2 aromatic rings. The van der Waals surface area contributed by atoms with Crippen LogP contribution in [0.1, 0.15) is 11.3 Å². The van der Waals surface area contributed by atoms with E-state index in [2.05, 4.69) is 4.98 Å². The molecule has 0 saturated carbocycles. The summed E-state index contributed by atoms with van der Waals surface area (Å²) in [5.41, 5.74) is 1.04. The summed E-state index contributed by atoms with van der Waals surface area (Å²) >= 11 is 0. The van der Waals surface area contributed by atoms with E-state index in [0.29, 0.717) is 11.2 Å². The smallest absolute Gasteiger partial charge is 0.162 e. The zero-order valence-electron chi connectivity index (χ0n) is 6.95. The van der Waals surface area contributed by atoms with Gasteiger partial charge in [0.15, 0.2) is 11.5 Å². The van der Waals surface area contributed by atoms with Crippen LogP contribution in [0.5, 0.6) is 0 Å². The molecule has 0 aliphatic carbocycles. The molecule has 0 aliphatic rings. The first kappa shape index (κ1) is 7.74. The van der Waals surface area contributed by atoms with E-state index in [0.717, 1.165) is 0 Å². The Kier molecular flexibility index (Phi) is 1.52. The second kappa shape index (κ2) is 2.56. The van der Waals surface area contributed by atoms with Crippen molar-refractivity contribution in [1.82, 2.24) is 9.38 Å². The highest BCUT2D eigenvalue weighted by atomic mass is 19.1. The van der Waals surface area contributed by atoms with Gasteiger partial charge >= 0.3 is 0 Å².